The van der Waals surface area contributed by atoms with Crippen LogP contribution in [0.1, 0.15) is 62.1 Å². The number of hydrogen-bond acceptors (Lipinski definition) is 19. The van der Waals surface area contributed by atoms with E-state index in [2.05, 4.69) is 5.32 Å². The number of nitrogens with one attached hydrogen (secondary N) is 1. The van der Waals surface area contributed by atoms with Crippen LogP contribution in [-0.4, -0.2) is 148 Å². The van der Waals surface area contributed by atoms with Gasteiger partial charge >= 0.3 is 35.8 Å². The molecule has 10 atom stereocenters. The lowest BCUT2D eigenvalue weighted by molar-refractivity contribution is -0.247. The number of aliphatic hydroxyl groups is 2. The Morgan fingerprint density at radius 3 is 1.10 bits per heavy atom. The molecule has 0 spiro atoms. The summed E-state index contributed by atoms with van der Waals surface area (Å²) in [5.74, 6) is -5.14. The third kappa shape index (κ3) is 13.3. The van der Waals surface area contributed by atoms with Gasteiger partial charge in [-0.3, -0.25) is 9.89 Å². The maximum Gasteiger partial charge on any atom is 0.338 e. The van der Waals surface area contributed by atoms with E-state index in [0.29, 0.717) is 5.75 Å². The van der Waals surface area contributed by atoms with E-state index < -0.39 is 110 Å². The third-order valence-electron chi connectivity index (χ3n) is 12.6. The van der Waals surface area contributed by atoms with Crippen LogP contribution in [0.15, 0.2) is 187 Å². The molecule has 3 aliphatic rings. The van der Waals surface area contributed by atoms with Gasteiger partial charge in [0.1, 0.15) is 12.2 Å². The second-order valence-corrected chi connectivity index (χ2v) is 19.2. The number of esters is 6. The van der Waals surface area contributed by atoms with Crippen molar-refractivity contribution in [2.24, 2.45) is 4.99 Å². The molecule has 21 heteroatoms. The van der Waals surface area contributed by atoms with Crippen LogP contribution in [0.4, 0.5) is 0 Å². The predicted molar refractivity (Wildman–Crippen MR) is 288 cm³/mol. The van der Waals surface area contributed by atoms with Gasteiger partial charge in [-0.25, -0.2) is 28.8 Å². The molecule has 3 heterocycles. The van der Waals surface area contributed by atoms with E-state index in [1.165, 1.54) is 89.5 Å². The second-order valence-electron chi connectivity index (χ2n) is 17.8. The van der Waals surface area contributed by atoms with Crippen LogP contribution in [-0.2, 0) is 37.9 Å². The van der Waals surface area contributed by atoms with Gasteiger partial charge in [-0.15, -0.1) is 0 Å². The normalized spacial score (nSPS) is 23.3. The molecular formula is C58H51N3O16S2. The van der Waals surface area contributed by atoms with E-state index >= 15 is 0 Å². The summed E-state index contributed by atoms with van der Waals surface area (Å²) in [5.41, 5.74) is 0.442. The predicted octanol–water partition coefficient (Wildman–Crippen LogP) is 6.05. The highest BCUT2D eigenvalue weighted by Crippen LogP contribution is 2.36. The molecule has 19 nitrogen and oxygen atoms in total. The second kappa shape index (κ2) is 26.4. The number of hydrogen-bond donors (Lipinski definition) is 3. The van der Waals surface area contributed by atoms with E-state index in [4.69, 9.17) is 55.1 Å². The molecule has 6 aromatic rings. The highest BCUT2D eigenvalue weighted by Gasteiger charge is 2.57. The molecule has 0 saturated carbocycles. The lowest BCUT2D eigenvalue weighted by Crippen LogP contribution is -2.70. The van der Waals surface area contributed by atoms with Crippen LogP contribution in [0.3, 0.4) is 0 Å². The average Bonchev–Trinajstić information content (AvgIpc) is 4.16. The molecule has 3 N–H and O–H groups in total. The monoisotopic (exact) mass is 1110 g/mol. The van der Waals surface area contributed by atoms with E-state index in [1.54, 1.807) is 109 Å². The molecule has 9 rings (SSSR count). The maximum atomic E-state index is 14.4. The molecule has 2 fully saturated rings. The van der Waals surface area contributed by atoms with Gasteiger partial charge in [0.05, 0.1) is 53.1 Å². The highest BCUT2D eigenvalue weighted by atomic mass is 32.2. The zero-order valence-corrected chi connectivity index (χ0v) is 43.4. The van der Waals surface area contributed by atoms with Gasteiger partial charge in [0.2, 0.25) is 0 Å². The minimum Gasteiger partial charge on any atom is -0.452 e. The largest absolute Gasteiger partial charge is 0.452 e. The molecule has 2 saturated heterocycles. The Labute approximate surface area is 462 Å². The molecule has 6 aromatic carbocycles. The van der Waals surface area contributed by atoms with Crippen molar-refractivity contribution in [2.75, 3.05) is 25.5 Å². The maximum absolute atomic E-state index is 14.4. The van der Waals surface area contributed by atoms with Gasteiger partial charge in [0.25, 0.3) is 0 Å². The van der Waals surface area contributed by atoms with Crippen LogP contribution < -0.4 is 5.32 Å². The number of carbonyl (C=O) groups is 6. The summed E-state index contributed by atoms with van der Waals surface area (Å²) in [7, 11) is 0. The summed E-state index contributed by atoms with van der Waals surface area (Å²) in [6, 6.07) is 47.1. The first-order valence-corrected chi connectivity index (χ1v) is 26.3. The lowest BCUT2D eigenvalue weighted by atomic mass is 9.96. The number of rotatable bonds is 16. The molecule has 406 valence electrons. The number of amidine groups is 1. The van der Waals surface area contributed by atoms with E-state index in [9.17, 15) is 39.0 Å². The topological polar surface area (TPSA) is 244 Å². The van der Waals surface area contributed by atoms with Crippen molar-refractivity contribution >= 4 is 70.1 Å². The van der Waals surface area contributed by atoms with Gasteiger partial charge in [-0.05, 0) is 85.0 Å². The zero-order valence-electron chi connectivity index (χ0n) is 41.7. The number of thioether (sulfide) groups is 1. The Morgan fingerprint density at radius 1 is 0.468 bits per heavy atom. The number of benzene rings is 6. The summed E-state index contributed by atoms with van der Waals surface area (Å²) in [6.07, 6.45) is -16.9. The van der Waals surface area contributed by atoms with Crippen LogP contribution in [0.2, 0.25) is 0 Å². The fraction of sp³-hybridized carbons (Fsp3) is 0.241. The van der Waals surface area contributed by atoms with E-state index in [-0.39, 0.29) is 50.2 Å². The number of carbonyl (C=O) groups excluding carboxylic acids is 6. The fourth-order valence-electron chi connectivity index (χ4n) is 8.80. The minimum absolute atomic E-state index is 0.0590. The van der Waals surface area contributed by atoms with Crippen LogP contribution in [0, 0.1) is 0 Å². The summed E-state index contributed by atoms with van der Waals surface area (Å²) in [4.78, 5) is 90.9. The Morgan fingerprint density at radius 2 is 0.772 bits per heavy atom. The van der Waals surface area contributed by atoms with Gasteiger partial charge in [0.15, 0.2) is 59.4 Å². The van der Waals surface area contributed by atoms with Gasteiger partial charge in [-0.2, -0.15) is 0 Å². The molecule has 0 unspecified atom stereocenters. The van der Waals surface area contributed by atoms with Gasteiger partial charge < -0.3 is 53.4 Å². The van der Waals surface area contributed by atoms with E-state index in [1.807, 2.05) is 0 Å². The number of thiocarbonyl (C=S) groups is 1. The first-order chi connectivity index (χ1) is 38.5. The van der Waals surface area contributed by atoms with Crippen LogP contribution in [0.25, 0.3) is 0 Å². The SMILES string of the molecule is O=C(O[C@@H]1[C@@H](OC(=O)c2ccccc2)[C@H](NC(=S)N(C2=NCCS2)[C@@H]2O[C@H](CO)[C@@H](OC(=O)c3ccccc3)[C@H](OC(=O)c3ccccc3)[C@H]2OC(=O)c2ccccc2)O[C@H](CO)[C@H]1OC(=O)c1ccccc1)c1ccccc1. The number of nitrogens with zero attached hydrogens (tertiary/aromatic N) is 2. The van der Waals surface area contributed by atoms with Crippen molar-refractivity contribution in [3.8, 4) is 0 Å². The summed E-state index contributed by atoms with van der Waals surface area (Å²) in [5, 5.41) is 25.1. The third-order valence-corrected chi connectivity index (χ3v) is 13.9. The van der Waals surface area contributed by atoms with Crippen molar-refractivity contribution in [1.29, 1.82) is 0 Å². The zero-order chi connectivity index (χ0) is 55.3. The molecule has 3 aliphatic heterocycles. The molecule has 0 aromatic heterocycles. The molecule has 79 heavy (non-hydrogen) atoms. The van der Waals surface area contributed by atoms with Gasteiger partial charge in [0, 0.05) is 5.75 Å². The molecule has 0 aliphatic carbocycles. The minimum atomic E-state index is -1.80. The average molecular weight is 1110 g/mol. The molecule has 0 amide bonds. The van der Waals surface area contributed by atoms with Gasteiger partial charge in [-0.1, -0.05) is 121 Å². The Kier molecular flexibility index (Phi) is 18.5. The Bertz CT molecular complexity index is 3110. The summed E-state index contributed by atoms with van der Waals surface area (Å²) in [6.45, 7) is -1.49. The number of aliphatic hydroxyl groups excluding tert-OH is 2. The quantitative estimate of drug-likeness (QED) is 0.0567. The fourth-order valence-corrected chi connectivity index (χ4v) is 10.0. The smallest absolute Gasteiger partial charge is 0.338 e. The van der Waals surface area contributed by atoms with Crippen molar-refractivity contribution in [1.82, 2.24) is 10.2 Å². The highest BCUT2D eigenvalue weighted by molar-refractivity contribution is 8.14. The first kappa shape index (κ1) is 55.4. The van der Waals surface area contributed by atoms with Crippen molar-refractivity contribution in [3.05, 3.63) is 215 Å². The van der Waals surface area contributed by atoms with Crippen LogP contribution in [0.5, 0.6) is 0 Å². The Balaban J connectivity index is 1.14. The summed E-state index contributed by atoms with van der Waals surface area (Å²) < 4.78 is 50.2. The molecular weight excluding hydrogens is 1060 g/mol. The Hall–Kier alpha value is -8.31. The molecule has 0 bridgehead atoms. The van der Waals surface area contributed by atoms with Crippen molar-refractivity contribution in [3.63, 3.8) is 0 Å². The number of aliphatic imine (C=N–C) groups is 1. The van der Waals surface area contributed by atoms with Crippen molar-refractivity contribution in [2.45, 2.75) is 61.3 Å². The molecule has 0 radical (unpaired) electrons. The standard InChI is InChI=1S/C58H51N3O16S2/c62-33-41-43(72-51(64)35-19-7-1-8-20-35)45(74-53(66)37-23-11-3-12-24-37)47(76-55(68)39-27-15-5-16-28-39)49(70-41)60-57(78)61(58-59-31-32-79-58)50-48(77-56(69)40-29-17-6-18-30-40)46(75-54(67)38-25-13-4-14-26-38)44(42(34-63)71-50)73-52(65)36-21-9-2-10-22-36/h1-30,41-50,62-63H,31-34H2,(H,60,78)/t41-,42-,43-,44-,45+,46+,47-,48-,49-,50-/m1/s1. The lowest BCUT2D eigenvalue weighted by Gasteiger charge is -2.49. The first-order valence-electron chi connectivity index (χ1n) is 24.9. The van der Waals surface area contributed by atoms with Crippen molar-refractivity contribution < 1.29 is 76.9 Å². The van der Waals surface area contributed by atoms with Crippen LogP contribution >= 0.6 is 24.0 Å². The van der Waals surface area contributed by atoms with E-state index in [0.717, 1.165) is 0 Å². The summed E-state index contributed by atoms with van der Waals surface area (Å²) >= 11 is 7.43. The number of ether oxygens (including phenoxy) is 8.